The van der Waals surface area contributed by atoms with Gasteiger partial charge in [0.2, 0.25) is 0 Å². The van der Waals surface area contributed by atoms with E-state index >= 15 is 0 Å². The van der Waals surface area contributed by atoms with Crippen molar-refractivity contribution in [3.63, 3.8) is 0 Å². The van der Waals surface area contributed by atoms with E-state index in [-0.39, 0.29) is 0 Å². The predicted octanol–water partition coefficient (Wildman–Crippen LogP) is 4.39. The molecule has 3 heteroatoms. The molecule has 2 nitrogen and oxygen atoms in total. The second-order valence-electron chi connectivity index (χ2n) is 5.13. The van der Waals surface area contributed by atoms with Gasteiger partial charge in [0.25, 0.3) is 0 Å². The van der Waals surface area contributed by atoms with Crippen LogP contribution in [-0.4, -0.2) is 13.2 Å². The van der Waals surface area contributed by atoms with Crippen LogP contribution in [0.15, 0.2) is 18.2 Å². The van der Waals surface area contributed by atoms with E-state index in [1.807, 2.05) is 18.2 Å². The minimum absolute atomic E-state index is 0.313. The molecule has 1 aromatic carbocycles. The summed E-state index contributed by atoms with van der Waals surface area (Å²) < 4.78 is 11.5. The molecule has 2 unspecified atom stereocenters. The smallest absolute Gasteiger partial charge is 0.161 e. The minimum atomic E-state index is 0.313. The summed E-state index contributed by atoms with van der Waals surface area (Å²) in [5, 5.41) is 0. The lowest BCUT2D eigenvalue weighted by molar-refractivity contribution is 0.125. The van der Waals surface area contributed by atoms with Gasteiger partial charge < -0.3 is 9.47 Å². The normalized spacial score (nSPS) is 23.7. The summed E-state index contributed by atoms with van der Waals surface area (Å²) in [7, 11) is 1.67. The Kier molecular flexibility index (Phi) is 4.76. The average Bonchev–Trinajstić information content (AvgIpc) is 2.38. The van der Waals surface area contributed by atoms with Gasteiger partial charge in [-0.1, -0.05) is 19.4 Å². The minimum Gasteiger partial charge on any atom is -0.493 e. The summed E-state index contributed by atoms with van der Waals surface area (Å²) in [5.74, 6) is 2.88. The van der Waals surface area contributed by atoms with E-state index in [2.05, 4.69) is 6.92 Å². The van der Waals surface area contributed by atoms with E-state index in [0.717, 1.165) is 35.8 Å². The SMILES string of the molecule is COc1ccc(CCl)cc1OC1CCCC(C)C1. The fraction of sp³-hybridized carbons (Fsp3) is 0.600. The van der Waals surface area contributed by atoms with Crippen molar-refractivity contribution in [2.75, 3.05) is 7.11 Å². The van der Waals surface area contributed by atoms with Crippen molar-refractivity contribution in [1.82, 2.24) is 0 Å². The first-order valence-electron chi connectivity index (χ1n) is 6.62. The van der Waals surface area contributed by atoms with E-state index in [9.17, 15) is 0 Å². The first kappa shape index (κ1) is 13.5. The van der Waals surface area contributed by atoms with Gasteiger partial charge in [0.05, 0.1) is 13.2 Å². The van der Waals surface area contributed by atoms with E-state index in [0.29, 0.717) is 12.0 Å². The molecular formula is C15H21ClO2. The topological polar surface area (TPSA) is 18.5 Å². The Labute approximate surface area is 114 Å². The molecule has 0 radical (unpaired) electrons. The summed E-state index contributed by atoms with van der Waals surface area (Å²) in [6, 6.07) is 5.90. The lowest BCUT2D eigenvalue weighted by Crippen LogP contribution is -2.24. The maximum atomic E-state index is 6.11. The summed E-state index contributed by atoms with van der Waals surface area (Å²) in [6.45, 7) is 2.29. The van der Waals surface area contributed by atoms with Crippen molar-refractivity contribution >= 4 is 11.6 Å². The molecule has 1 aromatic rings. The predicted molar refractivity (Wildman–Crippen MR) is 74.6 cm³/mol. The lowest BCUT2D eigenvalue weighted by atomic mass is 9.89. The van der Waals surface area contributed by atoms with Crippen molar-refractivity contribution < 1.29 is 9.47 Å². The second-order valence-corrected chi connectivity index (χ2v) is 5.40. The molecule has 0 heterocycles. The van der Waals surface area contributed by atoms with E-state index < -0.39 is 0 Å². The largest absolute Gasteiger partial charge is 0.493 e. The van der Waals surface area contributed by atoms with Gasteiger partial charge in [0.15, 0.2) is 11.5 Å². The molecule has 2 rings (SSSR count). The monoisotopic (exact) mass is 268 g/mol. The van der Waals surface area contributed by atoms with Crippen LogP contribution in [0, 0.1) is 5.92 Å². The molecule has 0 N–H and O–H groups in total. The van der Waals surface area contributed by atoms with Gasteiger partial charge in [-0.2, -0.15) is 0 Å². The zero-order valence-electron chi connectivity index (χ0n) is 11.1. The Morgan fingerprint density at radius 2 is 2.11 bits per heavy atom. The van der Waals surface area contributed by atoms with E-state index in [1.54, 1.807) is 7.11 Å². The summed E-state index contributed by atoms with van der Waals surface area (Å²) in [5.41, 5.74) is 1.07. The molecule has 1 saturated carbocycles. The highest BCUT2D eigenvalue weighted by molar-refractivity contribution is 6.17. The van der Waals surface area contributed by atoms with Gasteiger partial charge in [0, 0.05) is 5.88 Å². The second kappa shape index (κ2) is 6.33. The fourth-order valence-corrected chi connectivity index (χ4v) is 2.73. The van der Waals surface area contributed by atoms with E-state index in [1.165, 1.54) is 12.8 Å². The molecule has 0 amide bonds. The highest BCUT2D eigenvalue weighted by atomic mass is 35.5. The number of hydrogen-bond donors (Lipinski definition) is 0. The Morgan fingerprint density at radius 1 is 1.28 bits per heavy atom. The average molecular weight is 269 g/mol. The maximum Gasteiger partial charge on any atom is 0.161 e. The van der Waals surface area contributed by atoms with Crippen molar-refractivity contribution in [2.45, 2.75) is 44.6 Å². The van der Waals surface area contributed by atoms with Crippen LogP contribution in [0.5, 0.6) is 11.5 Å². The highest BCUT2D eigenvalue weighted by Crippen LogP contribution is 2.33. The summed E-state index contributed by atoms with van der Waals surface area (Å²) >= 11 is 5.86. The van der Waals surface area contributed by atoms with Gasteiger partial charge in [-0.25, -0.2) is 0 Å². The van der Waals surface area contributed by atoms with Crippen LogP contribution < -0.4 is 9.47 Å². The number of halogens is 1. The Hall–Kier alpha value is -0.890. The Morgan fingerprint density at radius 3 is 2.78 bits per heavy atom. The van der Waals surface area contributed by atoms with Crippen molar-refractivity contribution in [3.05, 3.63) is 23.8 Å². The Bertz CT molecular complexity index is 392. The number of rotatable bonds is 4. The van der Waals surface area contributed by atoms with Crippen molar-refractivity contribution in [2.24, 2.45) is 5.92 Å². The van der Waals surface area contributed by atoms with Crippen LogP contribution in [-0.2, 0) is 5.88 Å². The zero-order chi connectivity index (χ0) is 13.0. The molecule has 1 aliphatic rings. The number of alkyl halides is 1. The van der Waals surface area contributed by atoms with E-state index in [4.69, 9.17) is 21.1 Å². The first-order chi connectivity index (χ1) is 8.72. The standard InChI is InChI=1S/C15H21ClO2/c1-11-4-3-5-13(8-11)18-15-9-12(10-16)6-7-14(15)17-2/h6-7,9,11,13H,3-5,8,10H2,1-2H3. The van der Waals surface area contributed by atoms with Crippen LogP contribution >= 0.6 is 11.6 Å². The van der Waals surface area contributed by atoms with Gasteiger partial charge in [0.1, 0.15) is 0 Å². The van der Waals surface area contributed by atoms with Crippen LogP contribution in [0.1, 0.15) is 38.2 Å². The third-order valence-corrected chi connectivity index (χ3v) is 3.87. The molecule has 2 atom stereocenters. The summed E-state index contributed by atoms with van der Waals surface area (Å²) in [6.07, 6.45) is 5.16. The summed E-state index contributed by atoms with van der Waals surface area (Å²) in [4.78, 5) is 0. The van der Waals surface area contributed by atoms with Crippen LogP contribution in [0.3, 0.4) is 0 Å². The quantitative estimate of drug-likeness (QED) is 0.754. The fourth-order valence-electron chi connectivity index (χ4n) is 2.56. The maximum absolute atomic E-state index is 6.11. The highest BCUT2D eigenvalue weighted by Gasteiger charge is 2.21. The first-order valence-corrected chi connectivity index (χ1v) is 7.16. The third kappa shape index (κ3) is 3.32. The molecule has 0 aliphatic heterocycles. The van der Waals surface area contributed by atoms with Gasteiger partial charge in [-0.15, -0.1) is 11.6 Å². The zero-order valence-corrected chi connectivity index (χ0v) is 11.9. The molecule has 0 bridgehead atoms. The molecule has 0 saturated heterocycles. The molecule has 18 heavy (non-hydrogen) atoms. The molecular weight excluding hydrogens is 248 g/mol. The molecule has 100 valence electrons. The van der Waals surface area contributed by atoms with Gasteiger partial charge in [-0.05, 0) is 42.9 Å². The van der Waals surface area contributed by atoms with Crippen molar-refractivity contribution in [1.29, 1.82) is 0 Å². The number of benzene rings is 1. The molecule has 1 fully saturated rings. The molecule has 0 spiro atoms. The number of ether oxygens (including phenoxy) is 2. The number of methoxy groups -OCH3 is 1. The lowest BCUT2D eigenvalue weighted by Gasteiger charge is -2.28. The molecule has 0 aromatic heterocycles. The van der Waals surface area contributed by atoms with Crippen LogP contribution in [0.25, 0.3) is 0 Å². The van der Waals surface area contributed by atoms with Crippen LogP contribution in [0.4, 0.5) is 0 Å². The molecule has 1 aliphatic carbocycles. The Balaban J connectivity index is 2.11. The van der Waals surface area contributed by atoms with Gasteiger partial charge >= 0.3 is 0 Å². The number of hydrogen-bond acceptors (Lipinski definition) is 2. The van der Waals surface area contributed by atoms with Crippen LogP contribution in [0.2, 0.25) is 0 Å². The van der Waals surface area contributed by atoms with Gasteiger partial charge in [-0.3, -0.25) is 0 Å². The third-order valence-electron chi connectivity index (χ3n) is 3.56. The van der Waals surface area contributed by atoms with Crippen molar-refractivity contribution in [3.8, 4) is 11.5 Å².